The predicted octanol–water partition coefficient (Wildman–Crippen LogP) is 3.92. The van der Waals surface area contributed by atoms with Gasteiger partial charge >= 0.3 is 0 Å². The Balaban J connectivity index is 2.07. The van der Waals surface area contributed by atoms with Crippen LogP contribution in [0, 0.1) is 11.8 Å². The van der Waals surface area contributed by atoms with E-state index in [9.17, 15) is 0 Å². The largest absolute Gasteiger partial charge is 0.497 e. The van der Waals surface area contributed by atoms with Crippen molar-refractivity contribution in [1.82, 2.24) is 0 Å². The van der Waals surface area contributed by atoms with E-state index in [2.05, 4.69) is 43.1 Å². The molecule has 0 aliphatic carbocycles. The zero-order chi connectivity index (χ0) is 14.4. The van der Waals surface area contributed by atoms with Gasteiger partial charge in [-0.05, 0) is 62.4 Å². The van der Waals surface area contributed by atoms with E-state index >= 15 is 0 Å². The molecule has 0 aliphatic heterocycles. The molecule has 2 nitrogen and oxygen atoms in total. The van der Waals surface area contributed by atoms with Gasteiger partial charge in [0.1, 0.15) is 5.75 Å². The van der Waals surface area contributed by atoms with Gasteiger partial charge < -0.3 is 10.1 Å². The summed E-state index contributed by atoms with van der Waals surface area (Å²) >= 11 is 0. The highest BCUT2D eigenvalue weighted by atomic mass is 16.5. The van der Waals surface area contributed by atoms with Gasteiger partial charge in [-0.1, -0.05) is 11.8 Å². The maximum Gasteiger partial charge on any atom is 0.118 e. The van der Waals surface area contributed by atoms with Crippen LogP contribution in [0.5, 0.6) is 5.75 Å². The molecule has 0 saturated heterocycles. The van der Waals surface area contributed by atoms with Crippen molar-refractivity contribution in [2.75, 3.05) is 12.4 Å². The number of hydrogen-bond acceptors (Lipinski definition) is 2. The fourth-order valence-electron chi connectivity index (χ4n) is 1.80. The van der Waals surface area contributed by atoms with Gasteiger partial charge in [0, 0.05) is 22.9 Å². The van der Waals surface area contributed by atoms with E-state index in [1.165, 1.54) is 0 Å². The average Bonchev–Trinajstić information content (AvgIpc) is 2.46. The molecule has 0 radical (unpaired) electrons. The third kappa shape index (κ3) is 4.07. The van der Waals surface area contributed by atoms with E-state index in [0.717, 1.165) is 22.6 Å². The van der Waals surface area contributed by atoms with Crippen LogP contribution in [0.4, 0.5) is 5.69 Å². The molecule has 1 N–H and O–H groups in total. The fourth-order valence-corrected chi connectivity index (χ4v) is 1.80. The minimum Gasteiger partial charge on any atom is -0.497 e. The number of methoxy groups -OCH3 is 1. The summed E-state index contributed by atoms with van der Waals surface area (Å²) in [5.74, 6) is 7.15. The van der Waals surface area contributed by atoms with Crippen LogP contribution in [-0.2, 0) is 0 Å². The first kappa shape index (κ1) is 14.0. The van der Waals surface area contributed by atoms with E-state index < -0.39 is 0 Å². The molecule has 0 aliphatic rings. The van der Waals surface area contributed by atoms with Crippen molar-refractivity contribution in [2.45, 2.75) is 19.9 Å². The normalized spacial score (nSPS) is 9.80. The second-order valence-corrected chi connectivity index (χ2v) is 4.85. The highest BCUT2D eigenvalue weighted by molar-refractivity contribution is 5.50. The molecule has 0 spiro atoms. The van der Waals surface area contributed by atoms with Crippen LogP contribution in [0.3, 0.4) is 0 Å². The molecule has 0 unspecified atom stereocenters. The van der Waals surface area contributed by atoms with Crippen molar-refractivity contribution in [3.8, 4) is 17.6 Å². The van der Waals surface area contributed by atoms with Crippen LogP contribution in [0.25, 0.3) is 0 Å². The van der Waals surface area contributed by atoms with Crippen LogP contribution in [0.15, 0.2) is 48.5 Å². The Hall–Kier alpha value is -2.40. The van der Waals surface area contributed by atoms with Crippen LogP contribution < -0.4 is 10.1 Å². The lowest BCUT2D eigenvalue weighted by molar-refractivity contribution is 0.415. The lowest BCUT2D eigenvalue weighted by Crippen LogP contribution is -2.09. The fraction of sp³-hybridized carbons (Fsp3) is 0.222. The van der Waals surface area contributed by atoms with Gasteiger partial charge in [-0.2, -0.15) is 0 Å². The summed E-state index contributed by atoms with van der Waals surface area (Å²) in [6.07, 6.45) is 0. The molecule has 2 heteroatoms. The maximum absolute atomic E-state index is 5.12. The molecular formula is C18H19NO. The standard InChI is InChI=1S/C18H19NO/c1-14(2)19-17-10-6-15(7-11-17)4-5-16-8-12-18(20-3)13-9-16/h6-14,19H,1-3H3. The van der Waals surface area contributed by atoms with E-state index in [-0.39, 0.29) is 0 Å². The van der Waals surface area contributed by atoms with Crippen LogP contribution in [-0.4, -0.2) is 13.2 Å². The summed E-state index contributed by atoms with van der Waals surface area (Å²) in [6, 6.07) is 16.4. The SMILES string of the molecule is COc1ccc(C#Cc2ccc(NC(C)C)cc2)cc1. The second-order valence-electron chi connectivity index (χ2n) is 4.85. The molecule has 0 fully saturated rings. The maximum atomic E-state index is 5.12. The van der Waals surface area contributed by atoms with Crippen molar-refractivity contribution < 1.29 is 4.74 Å². The minimum atomic E-state index is 0.436. The molecule has 0 bridgehead atoms. The molecule has 2 aromatic rings. The van der Waals surface area contributed by atoms with Crippen LogP contribution >= 0.6 is 0 Å². The molecule has 102 valence electrons. The molecule has 0 atom stereocenters. The predicted molar refractivity (Wildman–Crippen MR) is 84.2 cm³/mol. The van der Waals surface area contributed by atoms with E-state index in [4.69, 9.17) is 4.74 Å². The zero-order valence-corrected chi connectivity index (χ0v) is 12.1. The Labute approximate surface area is 120 Å². The lowest BCUT2D eigenvalue weighted by Gasteiger charge is -2.09. The summed E-state index contributed by atoms with van der Waals surface area (Å²) in [5.41, 5.74) is 3.11. The van der Waals surface area contributed by atoms with E-state index in [0.29, 0.717) is 6.04 Å². The van der Waals surface area contributed by atoms with Gasteiger partial charge in [-0.3, -0.25) is 0 Å². The van der Waals surface area contributed by atoms with Crippen LogP contribution in [0.2, 0.25) is 0 Å². The summed E-state index contributed by atoms with van der Waals surface area (Å²) in [6.45, 7) is 4.24. The molecule has 0 aromatic heterocycles. The lowest BCUT2D eigenvalue weighted by atomic mass is 10.1. The summed E-state index contributed by atoms with van der Waals surface area (Å²) in [4.78, 5) is 0. The molecule has 2 aromatic carbocycles. The third-order valence-electron chi connectivity index (χ3n) is 2.78. The number of ether oxygens (including phenoxy) is 1. The van der Waals surface area contributed by atoms with Crippen molar-refractivity contribution in [3.63, 3.8) is 0 Å². The van der Waals surface area contributed by atoms with E-state index in [1.807, 2.05) is 36.4 Å². The van der Waals surface area contributed by atoms with Gasteiger partial charge in [0.15, 0.2) is 0 Å². The first-order chi connectivity index (χ1) is 9.67. The number of rotatable bonds is 3. The Bertz CT molecular complexity index is 601. The summed E-state index contributed by atoms with van der Waals surface area (Å²) < 4.78 is 5.12. The average molecular weight is 265 g/mol. The Morgan fingerprint density at radius 2 is 1.35 bits per heavy atom. The number of benzene rings is 2. The van der Waals surface area contributed by atoms with Crippen molar-refractivity contribution in [3.05, 3.63) is 59.7 Å². The number of anilines is 1. The Morgan fingerprint density at radius 3 is 1.80 bits per heavy atom. The molecule has 20 heavy (non-hydrogen) atoms. The topological polar surface area (TPSA) is 21.3 Å². The first-order valence-electron chi connectivity index (χ1n) is 6.70. The Kier molecular flexibility index (Phi) is 4.68. The quantitative estimate of drug-likeness (QED) is 0.849. The molecule has 0 amide bonds. The highest BCUT2D eigenvalue weighted by Gasteiger charge is 1.94. The Morgan fingerprint density at radius 1 is 0.850 bits per heavy atom. The molecular weight excluding hydrogens is 246 g/mol. The highest BCUT2D eigenvalue weighted by Crippen LogP contribution is 2.12. The van der Waals surface area contributed by atoms with Crippen molar-refractivity contribution in [2.24, 2.45) is 0 Å². The molecule has 0 heterocycles. The van der Waals surface area contributed by atoms with E-state index in [1.54, 1.807) is 7.11 Å². The number of nitrogens with one attached hydrogen (secondary N) is 1. The van der Waals surface area contributed by atoms with Crippen molar-refractivity contribution in [1.29, 1.82) is 0 Å². The first-order valence-corrected chi connectivity index (χ1v) is 6.70. The van der Waals surface area contributed by atoms with Gasteiger partial charge in [-0.15, -0.1) is 0 Å². The minimum absolute atomic E-state index is 0.436. The summed E-state index contributed by atoms with van der Waals surface area (Å²) in [5, 5.41) is 3.36. The third-order valence-corrected chi connectivity index (χ3v) is 2.78. The zero-order valence-electron chi connectivity index (χ0n) is 12.1. The van der Waals surface area contributed by atoms with Crippen molar-refractivity contribution >= 4 is 5.69 Å². The molecule has 0 saturated carbocycles. The van der Waals surface area contributed by atoms with Gasteiger partial charge in [0.25, 0.3) is 0 Å². The van der Waals surface area contributed by atoms with Gasteiger partial charge in [-0.25, -0.2) is 0 Å². The van der Waals surface area contributed by atoms with Gasteiger partial charge in [0.2, 0.25) is 0 Å². The second kappa shape index (κ2) is 6.68. The number of hydrogen-bond donors (Lipinski definition) is 1. The smallest absolute Gasteiger partial charge is 0.118 e. The van der Waals surface area contributed by atoms with Gasteiger partial charge in [0.05, 0.1) is 7.11 Å². The monoisotopic (exact) mass is 265 g/mol. The molecule has 2 rings (SSSR count). The summed E-state index contributed by atoms with van der Waals surface area (Å²) in [7, 11) is 1.66. The van der Waals surface area contributed by atoms with Crippen LogP contribution in [0.1, 0.15) is 25.0 Å².